The summed E-state index contributed by atoms with van der Waals surface area (Å²) in [4.78, 5) is 13.0. The molecule has 1 atom stereocenters. The van der Waals surface area contributed by atoms with Crippen molar-refractivity contribution in [2.45, 2.75) is 26.8 Å². The van der Waals surface area contributed by atoms with E-state index < -0.39 is 0 Å². The van der Waals surface area contributed by atoms with Gasteiger partial charge in [-0.15, -0.1) is 0 Å². The molecule has 0 spiro atoms. The van der Waals surface area contributed by atoms with Gasteiger partial charge >= 0.3 is 0 Å². The second kappa shape index (κ2) is 7.35. The smallest absolute Gasteiger partial charge is 0.252 e. The summed E-state index contributed by atoms with van der Waals surface area (Å²) >= 11 is 0. The van der Waals surface area contributed by atoms with Crippen molar-refractivity contribution in [1.29, 1.82) is 0 Å². The Hall–Kier alpha value is -2.87. The monoisotopic (exact) mass is 329 g/mol. The molecule has 0 fully saturated rings. The highest BCUT2D eigenvalue weighted by atomic mass is 16.1. The van der Waals surface area contributed by atoms with Gasteiger partial charge in [0.1, 0.15) is 0 Å². The minimum Gasteiger partial charge on any atom is -0.341 e. The van der Waals surface area contributed by atoms with Gasteiger partial charge in [0.05, 0.1) is 6.04 Å². The first-order chi connectivity index (χ1) is 12.1. The van der Waals surface area contributed by atoms with Gasteiger partial charge in [-0.2, -0.15) is 0 Å². The van der Waals surface area contributed by atoms with Crippen molar-refractivity contribution in [3.63, 3.8) is 0 Å². The Labute approximate surface area is 149 Å². The van der Waals surface area contributed by atoms with Crippen molar-refractivity contribution in [1.82, 2.24) is 5.32 Å². The molecule has 0 aliphatic heterocycles. The molecule has 0 radical (unpaired) electrons. The third kappa shape index (κ3) is 3.80. The van der Waals surface area contributed by atoms with Crippen molar-refractivity contribution in [2.24, 2.45) is 0 Å². The number of aryl methyl sites for hydroxylation is 3. The summed E-state index contributed by atoms with van der Waals surface area (Å²) in [6, 6.07) is 24.1. The number of hydrogen-bond acceptors (Lipinski definition) is 1. The molecule has 3 aromatic carbocycles. The van der Waals surface area contributed by atoms with E-state index >= 15 is 0 Å². The first kappa shape index (κ1) is 17.0. The average Bonchev–Trinajstić information content (AvgIpc) is 2.63. The van der Waals surface area contributed by atoms with Crippen LogP contribution in [0.4, 0.5) is 0 Å². The van der Waals surface area contributed by atoms with Crippen LogP contribution in [0.25, 0.3) is 0 Å². The van der Waals surface area contributed by atoms with Crippen LogP contribution >= 0.6 is 0 Å². The van der Waals surface area contributed by atoms with Crippen LogP contribution in [0.15, 0.2) is 72.8 Å². The van der Waals surface area contributed by atoms with Gasteiger partial charge < -0.3 is 5.32 Å². The van der Waals surface area contributed by atoms with Crippen LogP contribution in [-0.4, -0.2) is 5.91 Å². The molecular formula is C23H23NO. The number of rotatable bonds is 4. The number of amides is 1. The van der Waals surface area contributed by atoms with E-state index in [9.17, 15) is 4.79 Å². The lowest BCUT2D eigenvalue weighted by Gasteiger charge is -2.22. The maximum Gasteiger partial charge on any atom is 0.252 e. The highest BCUT2D eigenvalue weighted by Gasteiger charge is 2.20. The molecule has 126 valence electrons. The standard InChI is InChI=1S/C23H23NO/c1-16-13-14-18(3)21(15-16)23(25)24-22(19-10-5-4-6-11-19)20-12-8-7-9-17(20)2/h4-15,22H,1-3H3,(H,24,25). The lowest BCUT2D eigenvalue weighted by atomic mass is 9.94. The maximum absolute atomic E-state index is 13.0. The van der Waals surface area contributed by atoms with E-state index in [-0.39, 0.29) is 11.9 Å². The molecule has 3 aromatic rings. The predicted octanol–water partition coefficient (Wildman–Crippen LogP) is 5.13. The van der Waals surface area contributed by atoms with Gasteiger partial charge in [-0.1, -0.05) is 72.3 Å². The second-order valence-electron chi connectivity index (χ2n) is 6.49. The fourth-order valence-electron chi connectivity index (χ4n) is 3.09. The number of benzene rings is 3. The van der Waals surface area contributed by atoms with E-state index in [4.69, 9.17) is 0 Å². The summed E-state index contributed by atoms with van der Waals surface area (Å²) in [5.74, 6) is -0.0432. The first-order valence-corrected chi connectivity index (χ1v) is 8.55. The van der Waals surface area contributed by atoms with E-state index in [0.29, 0.717) is 0 Å². The van der Waals surface area contributed by atoms with Gasteiger partial charge in [0.25, 0.3) is 5.91 Å². The molecule has 25 heavy (non-hydrogen) atoms. The minimum atomic E-state index is -0.171. The second-order valence-corrected chi connectivity index (χ2v) is 6.49. The molecule has 3 rings (SSSR count). The summed E-state index contributed by atoms with van der Waals surface area (Å²) in [5.41, 5.74) is 6.16. The number of carbonyl (C=O) groups is 1. The van der Waals surface area contributed by atoms with Gasteiger partial charge in [0, 0.05) is 5.56 Å². The highest BCUT2D eigenvalue weighted by molar-refractivity contribution is 5.96. The lowest BCUT2D eigenvalue weighted by molar-refractivity contribution is 0.0942. The van der Waals surface area contributed by atoms with Crippen LogP contribution in [0, 0.1) is 20.8 Å². The Morgan fingerprint density at radius 1 is 0.800 bits per heavy atom. The summed E-state index contributed by atoms with van der Waals surface area (Å²) in [7, 11) is 0. The average molecular weight is 329 g/mol. The Bertz CT molecular complexity index is 884. The molecule has 1 amide bonds. The van der Waals surface area contributed by atoms with E-state index in [1.165, 1.54) is 0 Å². The van der Waals surface area contributed by atoms with Gasteiger partial charge in [0.2, 0.25) is 0 Å². The maximum atomic E-state index is 13.0. The largest absolute Gasteiger partial charge is 0.341 e. The van der Waals surface area contributed by atoms with Gasteiger partial charge in [-0.3, -0.25) is 4.79 Å². The van der Waals surface area contributed by atoms with Crippen LogP contribution < -0.4 is 5.32 Å². The van der Waals surface area contributed by atoms with Crippen LogP contribution in [-0.2, 0) is 0 Å². The molecule has 0 aromatic heterocycles. The SMILES string of the molecule is Cc1ccc(C)c(C(=O)NC(c2ccccc2)c2ccccc2C)c1. The van der Waals surface area contributed by atoms with Crippen molar-refractivity contribution in [3.8, 4) is 0 Å². The Morgan fingerprint density at radius 2 is 1.48 bits per heavy atom. The van der Waals surface area contributed by atoms with Crippen LogP contribution in [0.2, 0.25) is 0 Å². The Morgan fingerprint density at radius 3 is 2.20 bits per heavy atom. The Balaban J connectivity index is 2.00. The molecule has 1 N–H and O–H groups in total. The molecule has 1 unspecified atom stereocenters. The Kier molecular flexibility index (Phi) is 4.99. The normalized spacial score (nSPS) is 11.8. The van der Waals surface area contributed by atoms with Gasteiger partial charge in [-0.25, -0.2) is 0 Å². The minimum absolute atomic E-state index is 0.0432. The fraction of sp³-hybridized carbons (Fsp3) is 0.174. The zero-order chi connectivity index (χ0) is 17.8. The fourth-order valence-corrected chi connectivity index (χ4v) is 3.09. The lowest BCUT2D eigenvalue weighted by Crippen LogP contribution is -2.30. The summed E-state index contributed by atoms with van der Waals surface area (Å²) in [6.45, 7) is 6.06. The highest BCUT2D eigenvalue weighted by Crippen LogP contribution is 2.25. The van der Waals surface area contributed by atoms with E-state index in [0.717, 1.165) is 33.4 Å². The van der Waals surface area contributed by atoms with Gasteiger partial charge in [0.15, 0.2) is 0 Å². The molecule has 2 heteroatoms. The van der Waals surface area contributed by atoms with Crippen LogP contribution in [0.3, 0.4) is 0 Å². The van der Waals surface area contributed by atoms with Crippen LogP contribution in [0.5, 0.6) is 0 Å². The van der Waals surface area contributed by atoms with Crippen molar-refractivity contribution in [2.75, 3.05) is 0 Å². The van der Waals surface area contributed by atoms with Crippen molar-refractivity contribution in [3.05, 3.63) is 106 Å². The van der Waals surface area contributed by atoms with Crippen LogP contribution in [0.1, 0.15) is 44.2 Å². The molecule has 0 aliphatic carbocycles. The zero-order valence-corrected chi connectivity index (χ0v) is 14.9. The first-order valence-electron chi connectivity index (χ1n) is 8.55. The van der Waals surface area contributed by atoms with E-state index in [2.05, 4.69) is 36.5 Å². The summed E-state index contributed by atoms with van der Waals surface area (Å²) in [6.07, 6.45) is 0. The molecule has 0 saturated heterocycles. The summed E-state index contributed by atoms with van der Waals surface area (Å²) < 4.78 is 0. The van der Waals surface area contributed by atoms with E-state index in [1.54, 1.807) is 0 Å². The molecular weight excluding hydrogens is 306 g/mol. The van der Waals surface area contributed by atoms with Crippen molar-refractivity contribution < 1.29 is 4.79 Å². The zero-order valence-electron chi connectivity index (χ0n) is 14.9. The quantitative estimate of drug-likeness (QED) is 0.706. The molecule has 0 heterocycles. The predicted molar refractivity (Wildman–Crippen MR) is 103 cm³/mol. The third-order valence-corrected chi connectivity index (χ3v) is 4.55. The van der Waals surface area contributed by atoms with Crippen molar-refractivity contribution >= 4 is 5.91 Å². The molecule has 2 nitrogen and oxygen atoms in total. The van der Waals surface area contributed by atoms with Gasteiger partial charge in [-0.05, 0) is 49.1 Å². The van der Waals surface area contributed by atoms with E-state index in [1.807, 2.05) is 62.4 Å². The molecule has 0 aliphatic rings. The third-order valence-electron chi connectivity index (χ3n) is 4.55. The molecule has 0 bridgehead atoms. The topological polar surface area (TPSA) is 29.1 Å². The summed E-state index contributed by atoms with van der Waals surface area (Å²) in [5, 5.41) is 3.24. The number of hydrogen-bond donors (Lipinski definition) is 1. The number of carbonyl (C=O) groups excluding carboxylic acids is 1. The molecule has 0 saturated carbocycles. The number of nitrogens with one attached hydrogen (secondary N) is 1.